The minimum atomic E-state index is 0.419. The van der Waals surface area contributed by atoms with Gasteiger partial charge in [0, 0.05) is 10.9 Å². The number of hydrogen-bond donors (Lipinski definition) is 2. The van der Waals surface area contributed by atoms with E-state index in [1.807, 2.05) is 55.5 Å². The maximum absolute atomic E-state index is 5.88. The van der Waals surface area contributed by atoms with E-state index in [1.165, 1.54) is 0 Å². The van der Waals surface area contributed by atoms with Gasteiger partial charge in [0.15, 0.2) is 0 Å². The summed E-state index contributed by atoms with van der Waals surface area (Å²) < 4.78 is 5.88. The number of aromatic nitrogens is 1. The fourth-order valence-corrected chi connectivity index (χ4v) is 2.27. The van der Waals surface area contributed by atoms with E-state index >= 15 is 0 Å². The van der Waals surface area contributed by atoms with Crippen LogP contribution in [0.2, 0.25) is 0 Å². The topological polar surface area (TPSA) is 60.2 Å². The summed E-state index contributed by atoms with van der Waals surface area (Å²) in [5.41, 5.74) is 5.59. The van der Waals surface area contributed by atoms with Crippen LogP contribution in [0.25, 0.3) is 10.9 Å². The van der Waals surface area contributed by atoms with Crippen molar-refractivity contribution in [1.82, 2.24) is 4.98 Å². The van der Waals surface area contributed by atoms with Crippen molar-refractivity contribution in [3.63, 3.8) is 0 Å². The highest BCUT2D eigenvalue weighted by Crippen LogP contribution is 2.23. The smallest absolute Gasteiger partial charge is 0.147 e. The molecular formula is C17H17N3O. The van der Waals surface area contributed by atoms with E-state index in [2.05, 4.69) is 16.5 Å². The molecule has 0 bridgehead atoms. The molecule has 4 heteroatoms. The van der Waals surface area contributed by atoms with Gasteiger partial charge in [-0.3, -0.25) is 0 Å². The van der Waals surface area contributed by atoms with Gasteiger partial charge in [-0.25, -0.2) is 10.8 Å². The van der Waals surface area contributed by atoms with Crippen molar-refractivity contribution < 1.29 is 4.74 Å². The third kappa shape index (κ3) is 2.80. The predicted molar refractivity (Wildman–Crippen MR) is 85.1 cm³/mol. The minimum absolute atomic E-state index is 0.419. The fourth-order valence-electron chi connectivity index (χ4n) is 2.27. The second kappa shape index (κ2) is 5.81. The van der Waals surface area contributed by atoms with Crippen molar-refractivity contribution in [1.29, 1.82) is 0 Å². The summed E-state index contributed by atoms with van der Waals surface area (Å²) in [6.07, 6.45) is 0. The van der Waals surface area contributed by atoms with E-state index in [1.54, 1.807) is 0 Å². The molecule has 0 spiro atoms. The van der Waals surface area contributed by atoms with Gasteiger partial charge >= 0.3 is 0 Å². The van der Waals surface area contributed by atoms with Gasteiger partial charge in [0.05, 0.1) is 5.52 Å². The number of benzene rings is 2. The molecule has 1 aromatic heterocycles. The lowest BCUT2D eigenvalue weighted by Gasteiger charge is -2.12. The van der Waals surface area contributed by atoms with Gasteiger partial charge in [0.1, 0.15) is 18.2 Å². The summed E-state index contributed by atoms with van der Waals surface area (Å²) in [6.45, 7) is 2.44. The van der Waals surface area contributed by atoms with Gasteiger partial charge < -0.3 is 10.2 Å². The molecular weight excluding hydrogens is 262 g/mol. The summed E-state index contributed by atoms with van der Waals surface area (Å²) in [4.78, 5) is 4.51. The highest BCUT2D eigenvalue weighted by atomic mass is 16.5. The molecule has 0 saturated heterocycles. The number of anilines is 1. The van der Waals surface area contributed by atoms with Crippen LogP contribution in [0.4, 0.5) is 5.82 Å². The largest absolute Gasteiger partial charge is 0.488 e. The number of nitrogens with two attached hydrogens (primary N) is 1. The first kappa shape index (κ1) is 13.4. The summed E-state index contributed by atoms with van der Waals surface area (Å²) >= 11 is 0. The first-order valence-electron chi connectivity index (χ1n) is 6.81. The summed E-state index contributed by atoms with van der Waals surface area (Å²) in [5, 5.41) is 1.07. The van der Waals surface area contributed by atoms with Crippen molar-refractivity contribution in [3.05, 3.63) is 65.7 Å². The summed E-state index contributed by atoms with van der Waals surface area (Å²) in [5.74, 6) is 7.08. The van der Waals surface area contributed by atoms with Gasteiger partial charge in [-0.2, -0.15) is 0 Å². The fraction of sp³-hybridized carbons (Fsp3) is 0.118. The third-order valence-corrected chi connectivity index (χ3v) is 3.42. The van der Waals surface area contributed by atoms with Crippen LogP contribution in [-0.2, 0) is 6.61 Å². The highest BCUT2D eigenvalue weighted by Gasteiger charge is 2.07. The standard InChI is InChI=1S/C17H17N3O/c1-12-6-2-5-9-16(12)21-11-14-10-13-7-3-4-8-15(13)19-17(14)20-18/h2-10H,11,18H2,1H3,(H,19,20). The lowest BCUT2D eigenvalue weighted by Crippen LogP contribution is -2.12. The number of nitrogens with zero attached hydrogens (tertiary/aromatic N) is 1. The van der Waals surface area contributed by atoms with E-state index in [0.29, 0.717) is 12.4 Å². The van der Waals surface area contributed by atoms with Crippen LogP contribution in [0.5, 0.6) is 5.75 Å². The average Bonchev–Trinajstić information content (AvgIpc) is 2.53. The van der Waals surface area contributed by atoms with Gasteiger partial charge in [-0.1, -0.05) is 36.4 Å². The van der Waals surface area contributed by atoms with Gasteiger partial charge in [-0.15, -0.1) is 0 Å². The quantitative estimate of drug-likeness (QED) is 0.567. The number of ether oxygens (including phenoxy) is 1. The number of nitrogens with one attached hydrogen (secondary N) is 1. The number of hydrazine groups is 1. The molecule has 2 aromatic carbocycles. The average molecular weight is 279 g/mol. The first-order chi connectivity index (χ1) is 10.3. The number of nitrogen functional groups attached to an aromatic ring is 1. The second-order valence-corrected chi connectivity index (χ2v) is 4.89. The number of fused-ring (bicyclic) bond motifs is 1. The van der Waals surface area contributed by atoms with E-state index in [9.17, 15) is 0 Å². The van der Waals surface area contributed by atoms with Crippen molar-refractivity contribution in [2.75, 3.05) is 5.43 Å². The van der Waals surface area contributed by atoms with Crippen molar-refractivity contribution in [2.24, 2.45) is 5.84 Å². The van der Waals surface area contributed by atoms with Crippen LogP contribution in [0.1, 0.15) is 11.1 Å². The van der Waals surface area contributed by atoms with E-state index in [-0.39, 0.29) is 0 Å². The van der Waals surface area contributed by atoms with Gasteiger partial charge in [0.25, 0.3) is 0 Å². The highest BCUT2D eigenvalue weighted by molar-refractivity contribution is 5.81. The van der Waals surface area contributed by atoms with Crippen molar-refractivity contribution in [2.45, 2.75) is 13.5 Å². The van der Waals surface area contributed by atoms with E-state index in [4.69, 9.17) is 10.6 Å². The number of rotatable bonds is 4. The lowest BCUT2D eigenvalue weighted by molar-refractivity contribution is 0.304. The molecule has 0 aliphatic heterocycles. The van der Waals surface area contributed by atoms with Crippen LogP contribution in [0, 0.1) is 6.92 Å². The molecule has 0 radical (unpaired) electrons. The number of pyridine rings is 1. The molecule has 106 valence electrons. The monoisotopic (exact) mass is 279 g/mol. The molecule has 1 heterocycles. The molecule has 21 heavy (non-hydrogen) atoms. The van der Waals surface area contributed by atoms with E-state index in [0.717, 1.165) is 27.8 Å². The Bertz CT molecular complexity index is 771. The van der Waals surface area contributed by atoms with E-state index < -0.39 is 0 Å². The summed E-state index contributed by atoms with van der Waals surface area (Å²) in [7, 11) is 0. The van der Waals surface area contributed by atoms with Crippen LogP contribution in [-0.4, -0.2) is 4.98 Å². The Morgan fingerprint density at radius 1 is 1.10 bits per heavy atom. The Labute approximate surface area is 123 Å². The Kier molecular flexibility index (Phi) is 3.71. The molecule has 0 aliphatic rings. The maximum Gasteiger partial charge on any atom is 0.147 e. The Morgan fingerprint density at radius 3 is 2.67 bits per heavy atom. The second-order valence-electron chi connectivity index (χ2n) is 4.89. The number of para-hydroxylation sites is 2. The van der Waals surface area contributed by atoms with Gasteiger partial charge in [-0.05, 0) is 30.7 Å². The predicted octanol–water partition coefficient (Wildman–Crippen LogP) is 3.41. The molecule has 0 amide bonds. The maximum atomic E-state index is 5.88. The molecule has 3 N–H and O–H groups in total. The zero-order chi connectivity index (χ0) is 14.7. The molecule has 0 aliphatic carbocycles. The molecule has 3 rings (SSSR count). The molecule has 4 nitrogen and oxygen atoms in total. The zero-order valence-corrected chi connectivity index (χ0v) is 11.8. The Balaban J connectivity index is 1.91. The van der Waals surface area contributed by atoms with Gasteiger partial charge in [0.2, 0.25) is 0 Å². The lowest BCUT2D eigenvalue weighted by atomic mass is 10.1. The third-order valence-electron chi connectivity index (χ3n) is 3.42. The van der Waals surface area contributed by atoms with Crippen LogP contribution >= 0.6 is 0 Å². The molecule has 0 saturated carbocycles. The van der Waals surface area contributed by atoms with Crippen LogP contribution in [0.15, 0.2) is 54.6 Å². The van der Waals surface area contributed by atoms with Crippen molar-refractivity contribution in [3.8, 4) is 5.75 Å². The minimum Gasteiger partial charge on any atom is -0.488 e. The Morgan fingerprint density at radius 2 is 1.86 bits per heavy atom. The van der Waals surface area contributed by atoms with Crippen LogP contribution in [0.3, 0.4) is 0 Å². The molecule has 0 atom stereocenters. The molecule has 0 unspecified atom stereocenters. The summed E-state index contributed by atoms with van der Waals surface area (Å²) in [6, 6.07) is 17.9. The SMILES string of the molecule is Cc1ccccc1OCc1cc2ccccc2nc1NN. The first-order valence-corrected chi connectivity index (χ1v) is 6.81. The normalized spacial score (nSPS) is 10.6. The molecule has 3 aromatic rings. The Hall–Kier alpha value is -2.59. The number of hydrogen-bond acceptors (Lipinski definition) is 4. The van der Waals surface area contributed by atoms with Crippen LogP contribution < -0.4 is 16.0 Å². The molecule has 0 fully saturated rings. The number of aryl methyl sites for hydroxylation is 1. The zero-order valence-electron chi connectivity index (χ0n) is 11.8. The van der Waals surface area contributed by atoms with Crippen molar-refractivity contribution >= 4 is 16.7 Å².